The first kappa shape index (κ1) is 21.7. The minimum atomic E-state index is -1.24. The van der Waals surface area contributed by atoms with Gasteiger partial charge in [0.25, 0.3) is 11.8 Å². The quantitative estimate of drug-likeness (QED) is 0.659. The predicted molar refractivity (Wildman–Crippen MR) is 110 cm³/mol. The van der Waals surface area contributed by atoms with Gasteiger partial charge in [-0.1, -0.05) is 54.9 Å². The Morgan fingerprint density at radius 3 is 2.53 bits per heavy atom. The van der Waals surface area contributed by atoms with Crippen LogP contribution >= 0.6 is 11.6 Å². The van der Waals surface area contributed by atoms with Crippen LogP contribution in [0.15, 0.2) is 48.5 Å². The summed E-state index contributed by atoms with van der Waals surface area (Å²) in [6.45, 7) is 1.69. The molecule has 9 heteroatoms. The summed E-state index contributed by atoms with van der Waals surface area (Å²) in [7, 11) is 1.61. The van der Waals surface area contributed by atoms with Crippen LogP contribution in [0.4, 0.5) is 9.18 Å². The van der Waals surface area contributed by atoms with Gasteiger partial charge in [0.15, 0.2) is 0 Å². The first-order chi connectivity index (χ1) is 14.3. The zero-order valence-corrected chi connectivity index (χ0v) is 17.4. The fraction of sp³-hybridized carbons (Fsp3) is 0.286. The molecule has 1 heterocycles. The van der Waals surface area contributed by atoms with Crippen molar-refractivity contribution >= 4 is 29.4 Å². The van der Waals surface area contributed by atoms with Gasteiger partial charge in [-0.3, -0.25) is 19.9 Å². The number of benzene rings is 2. The van der Waals surface area contributed by atoms with Crippen molar-refractivity contribution in [3.63, 3.8) is 0 Å². The third kappa shape index (κ3) is 4.15. The van der Waals surface area contributed by atoms with E-state index in [2.05, 4.69) is 10.7 Å². The maximum absolute atomic E-state index is 13.9. The number of halogens is 2. The molecule has 0 aromatic heterocycles. The molecule has 2 aromatic carbocycles. The van der Waals surface area contributed by atoms with E-state index in [1.165, 1.54) is 17.0 Å². The number of carbonyl (C=O) groups excluding carboxylic acids is 3. The number of nitrogens with one attached hydrogen (secondary N) is 2. The van der Waals surface area contributed by atoms with Crippen LogP contribution in [0.2, 0.25) is 5.02 Å². The van der Waals surface area contributed by atoms with Gasteiger partial charge in [0.1, 0.15) is 11.4 Å². The van der Waals surface area contributed by atoms with Crippen molar-refractivity contribution in [3.8, 4) is 0 Å². The number of hydrogen-bond acceptors (Lipinski definition) is 4. The molecule has 3 rings (SSSR count). The van der Waals surface area contributed by atoms with Crippen LogP contribution in [0, 0.1) is 5.82 Å². The topological polar surface area (TPSA) is 81.8 Å². The molecule has 0 spiro atoms. The van der Waals surface area contributed by atoms with Crippen LogP contribution in [-0.2, 0) is 21.7 Å². The molecular formula is C21H22ClFN4O3. The van der Waals surface area contributed by atoms with Crippen LogP contribution in [0.5, 0.6) is 0 Å². The van der Waals surface area contributed by atoms with Crippen molar-refractivity contribution in [1.29, 1.82) is 0 Å². The van der Waals surface area contributed by atoms with Crippen molar-refractivity contribution in [2.75, 3.05) is 13.6 Å². The molecule has 2 aromatic rings. The second-order valence-electron chi connectivity index (χ2n) is 7.10. The van der Waals surface area contributed by atoms with Crippen LogP contribution < -0.4 is 10.7 Å². The third-order valence-electron chi connectivity index (χ3n) is 5.03. The average Bonchev–Trinajstić information content (AvgIpc) is 2.96. The highest BCUT2D eigenvalue weighted by Gasteiger charge is 2.52. The molecule has 7 nitrogen and oxygen atoms in total. The molecule has 1 atom stereocenters. The van der Waals surface area contributed by atoms with E-state index in [0.29, 0.717) is 17.0 Å². The van der Waals surface area contributed by atoms with Gasteiger partial charge in [-0.15, -0.1) is 0 Å². The zero-order chi connectivity index (χ0) is 21.9. The van der Waals surface area contributed by atoms with Gasteiger partial charge in [-0.05, 0) is 31.2 Å². The van der Waals surface area contributed by atoms with Gasteiger partial charge >= 0.3 is 6.03 Å². The molecule has 1 aliphatic heterocycles. The number of hydrazine groups is 1. The number of urea groups is 1. The fourth-order valence-corrected chi connectivity index (χ4v) is 3.68. The lowest BCUT2D eigenvalue weighted by Gasteiger charge is -2.25. The van der Waals surface area contributed by atoms with Crippen LogP contribution in [0.3, 0.4) is 0 Å². The van der Waals surface area contributed by atoms with E-state index >= 15 is 0 Å². The summed E-state index contributed by atoms with van der Waals surface area (Å²) in [6, 6.07) is 12.5. The Morgan fingerprint density at radius 1 is 1.20 bits per heavy atom. The minimum absolute atomic E-state index is 0.0853. The molecule has 1 saturated heterocycles. The Kier molecular flexibility index (Phi) is 6.38. The average molecular weight is 433 g/mol. The summed E-state index contributed by atoms with van der Waals surface area (Å²) in [5.74, 6) is -1.62. The van der Waals surface area contributed by atoms with E-state index < -0.39 is 29.2 Å². The van der Waals surface area contributed by atoms with E-state index in [1.54, 1.807) is 44.3 Å². The van der Waals surface area contributed by atoms with E-state index in [0.717, 1.165) is 0 Å². The highest BCUT2D eigenvalue weighted by molar-refractivity contribution is 6.31. The lowest BCUT2D eigenvalue weighted by molar-refractivity contribution is -0.139. The smallest absolute Gasteiger partial charge is 0.318 e. The van der Waals surface area contributed by atoms with Crippen molar-refractivity contribution in [2.24, 2.45) is 0 Å². The predicted octanol–water partition coefficient (Wildman–Crippen LogP) is 2.80. The van der Waals surface area contributed by atoms with Gasteiger partial charge in [0.05, 0.1) is 6.54 Å². The minimum Gasteiger partial charge on any atom is -0.318 e. The van der Waals surface area contributed by atoms with Crippen molar-refractivity contribution in [2.45, 2.75) is 25.4 Å². The Labute approximate surface area is 178 Å². The summed E-state index contributed by atoms with van der Waals surface area (Å²) in [5, 5.41) is 3.64. The van der Waals surface area contributed by atoms with Gasteiger partial charge in [0, 0.05) is 17.1 Å². The molecule has 1 aliphatic rings. The van der Waals surface area contributed by atoms with Gasteiger partial charge in [0.2, 0.25) is 0 Å². The SMILES string of the molecule is CCC1(c2ccccc2)NC(=O)N(NC(=O)CN(C)Cc2c(F)cccc2Cl)C1=O. The summed E-state index contributed by atoms with van der Waals surface area (Å²) >= 11 is 6.02. The molecular weight excluding hydrogens is 411 g/mol. The first-order valence-corrected chi connectivity index (χ1v) is 9.79. The number of likely N-dealkylation sites (N-methyl/N-ethyl adjacent to an activating group) is 1. The number of rotatable bonds is 7. The molecule has 158 valence electrons. The summed E-state index contributed by atoms with van der Waals surface area (Å²) in [5.41, 5.74) is 2.01. The van der Waals surface area contributed by atoms with Crippen LogP contribution in [0.1, 0.15) is 24.5 Å². The maximum atomic E-state index is 13.9. The third-order valence-corrected chi connectivity index (χ3v) is 5.38. The molecule has 1 fully saturated rings. The van der Waals surface area contributed by atoms with E-state index in [4.69, 9.17) is 11.6 Å². The van der Waals surface area contributed by atoms with Gasteiger partial charge < -0.3 is 5.32 Å². The number of carbonyl (C=O) groups is 3. The van der Waals surface area contributed by atoms with Crippen LogP contribution in [0.25, 0.3) is 0 Å². The molecule has 4 amide bonds. The zero-order valence-electron chi connectivity index (χ0n) is 16.6. The molecule has 0 aliphatic carbocycles. The summed E-state index contributed by atoms with van der Waals surface area (Å²) in [4.78, 5) is 39.4. The lowest BCUT2D eigenvalue weighted by Crippen LogP contribution is -2.50. The highest BCUT2D eigenvalue weighted by atomic mass is 35.5. The number of imide groups is 1. The second kappa shape index (κ2) is 8.81. The molecule has 30 heavy (non-hydrogen) atoms. The van der Waals surface area contributed by atoms with Gasteiger partial charge in [-0.2, -0.15) is 5.01 Å². The monoisotopic (exact) mass is 432 g/mol. The Hall–Kier alpha value is -2.97. The van der Waals surface area contributed by atoms with Crippen molar-refractivity contribution in [1.82, 2.24) is 20.7 Å². The van der Waals surface area contributed by atoms with Gasteiger partial charge in [-0.25, -0.2) is 9.18 Å². The standard InChI is InChI=1S/C21H22ClFN4O3/c1-3-21(14-8-5-4-6-9-14)19(29)27(20(30)24-21)25-18(28)13-26(2)12-15-16(22)10-7-11-17(15)23/h4-11H,3,12-13H2,1-2H3,(H,24,30)(H,25,28). The molecule has 1 unspecified atom stereocenters. The number of hydrogen-bond donors (Lipinski definition) is 2. The molecule has 0 saturated carbocycles. The van der Waals surface area contributed by atoms with Crippen LogP contribution in [-0.4, -0.2) is 41.3 Å². The van der Waals surface area contributed by atoms with Crippen molar-refractivity contribution < 1.29 is 18.8 Å². The summed E-state index contributed by atoms with van der Waals surface area (Å²) < 4.78 is 13.9. The van der Waals surface area contributed by atoms with E-state index in [-0.39, 0.29) is 23.7 Å². The normalized spacial score (nSPS) is 18.6. The molecule has 0 radical (unpaired) electrons. The maximum Gasteiger partial charge on any atom is 0.344 e. The lowest BCUT2D eigenvalue weighted by atomic mass is 9.87. The van der Waals surface area contributed by atoms with E-state index in [9.17, 15) is 18.8 Å². The first-order valence-electron chi connectivity index (χ1n) is 9.41. The van der Waals surface area contributed by atoms with Crippen molar-refractivity contribution in [3.05, 3.63) is 70.5 Å². The molecule has 2 N–H and O–H groups in total. The Balaban J connectivity index is 1.68. The Morgan fingerprint density at radius 2 is 1.90 bits per heavy atom. The number of amides is 4. The molecule has 0 bridgehead atoms. The Bertz CT molecular complexity index is 952. The second-order valence-corrected chi connectivity index (χ2v) is 7.51. The number of nitrogens with zero attached hydrogens (tertiary/aromatic N) is 2. The highest BCUT2D eigenvalue weighted by Crippen LogP contribution is 2.31. The van der Waals surface area contributed by atoms with E-state index in [1.807, 2.05) is 6.07 Å². The summed E-state index contributed by atoms with van der Waals surface area (Å²) in [6.07, 6.45) is 0.319. The fourth-order valence-electron chi connectivity index (χ4n) is 3.45. The largest absolute Gasteiger partial charge is 0.344 e.